The van der Waals surface area contributed by atoms with Gasteiger partial charge in [0.15, 0.2) is 0 Å². The molecule has 1 aromatic rings. The van der Waals surface area contributed by atoms with E-state index in [4.69, 9.17) is 9.47 Å². The second-order valence-corrected chi connectivity index (χ2v) is 16.0. The predicted octanol–water partition coefficient (Wildman–Crippen LogP) is 14.5. The summed E-state index contributed by atoms with van der Waals surface area (Å²) in [4.78, 5) is 27.5. The molecule has 0 fully saturated rings. The summed E-state index contributed by atoms with van der Waals surface area (Å²) in [5, 5.41) is 0. The first-order valence-corrected chi connectivity index (χ1v) is 23.2. The molecule has 0 saturated carbocycles. The first-order valence-electron chi connectivity index (χ1n) is 23.2. The predicted molar refractivity (Wildman–Crippen MR) is 227 cm³/mol. The molecule has 0 aliphatic heterocycles. The molecule has 0 heterocycles. The molecule has 0 bridgehead atoms. The monoisotopic (exact) mass is 742 g/mol. The molecule has 0 amide bonds. The van der Waals surface area contributed by atoms with Crippen LogP contribution in [-0.4, -0.2) is 42.6 Å². The highest BCUT2D eigenvalue weighted by Crippen LogP contribution is 2.19. The van der Waals surface area contributed by atoms with E-state index >= 15 is 0 Å². The van der Waals surface area contributed by atoms with Crippen LogP contribution in [0.2, 0.25) is 0 Å². The van der Waals surface area contributed by atoms with Crippen molar-refractivity contribution in [1.29, 1.82) is 0 Å². The lowest BCUT2D eigenvalue weighted by atomic mass is 10.0. The first-order chi connectivity index (χ1) is 26.1. The van der Waals surface area contributed by atoms with E-state index in [-0.39, 0.29) is 18.0 Å². The van der Waals surface area contributed by atoms with E-state index in [0.29, 0.717) is 19.4 Å². The van der Waals surface area contributed by atoms with Gasteiger partial charge >= 0.3 is 11.9 Å². The molecular formula is C48H87NO4. The Bertz CT molecular complexity index is 905. The Kier molecular flexibility index (Phi) is 35.6. The molecule has 0 aliphatic carbocycles. The third-order valence-corrected chi connectivity index (χ3v) is 10.8. The van der Waals surface area contributed by atoms with E-state index in [1.165, 1.54) is 153 Å². The Morgan fingerprint density at radius 1 is 0.491 bits per heavy atom. The van der Waals surface area contributed by atoms with Gasteiger partial charge in [0.2, 0.25) is 0 Å². The maximum atomic E-state index is 12.8. The molecule has 1 rings (SSSR count). The molecule has 1 aromatic carbocycles. The summed E-state index contributed by atoms with van der Waals surface area (Å²) < 4.78 is 11.5. The number of hydrogen-bond acceptors (Lipinski definition) is 5. The standard InChI is InChI=1S/C48H87NO4/c1-4-7-10-13-18-28-37-46(38-29-19-14-11-8-5-2)53-48(51)40-31-21-17-23-33-42-49(44-45-35-26-25-27-36-45)41-32-22-16-20-30-39-47(50)52-43-34-24-15-12-9-6-3/h25-27,35-36,46H,4-24,28-34,37-44H2,1-3H3. The third kappa shape index (κ3) is 33.2. The van der Waals surface area contributed by atoms with Gasteiger partial charge in [-0.25, -0.2) is 0 Å². The van der Waals surface area contributed by atoms with Crippen LogP contribution in [0.15, 0.2) is 30.3 Å². The molecule has 308 valence electrons. The summed E-state index contributed by atoms with van der Waals surface area (Å²) in [5.74, 6) is 0.0169. The minimum atomic E-state index is -0.0150. The number of benzene rings is 1. The number of carbonyl (C=O) groups is 2. The Hall–Kier alpha value is -1.88. The van der Waals surface area contributed by atoms with E-state index in [1.54, 1.807) is 0 Å². The van der Waals surface area contributed by atoms with Crippen LogP contribution in [-0.2, 0) is 25.6 Å². The van der Waals surface area contributed by atoms with Gasteiger partial charge in [-0.15, -0.1) is 0 Å². The van der Waals surface area contributed by atoms with Crippen LogP contribution in [0, 0.1) is 0 Å². The number of ether oxygens (including phenoxy) is 2. The van der Waals surface area contributed by atoms with Gasteiger partial charge in [0, 0.05) is 19.4 Å². The molecule has 0 spiro atoms. The minimum absolute atomic E-state index is 0.0150. The van der Waals surface area contributed by atoms with Gasteiger partial charge in [-0.1, -0.05) is 186 Å². The molecule has 0 aromatic heterocycles. The van der Waals surface area contributed by atoms with Crippen molar-refractivity contribution < 1.29 is 19.1 Å². The summed E-state index contributed by atoms with van der Waals surface area (Å²) in [7, 11) is 0. The van der Waals surface area contributed by atoms with Crippen LogP contribution >= 0.6 is 0 Å². The van der Waals surface area contributed by atoms with Gasteiger partial charge < -0.3 is 9.47 Å². The lowest BCUT2D eigenvalue weighted by Crippen LogP contribution is -2.25. The highest BCUT2D eigenvalue weighted by Gasteiger charge is 2.14. The SMILES string of the molecule is CCCCCCCCOC(=O)CCCCCCCN(CCCCCCCC(=O)OC(CCCCCCCC)CCCCCCCC)Cc1ccccc1. The fourth-order valence-corrected chi connectivity index (χ4v) is 7.33. The van der Waals surface area contributed by atoms with Crippen LogP contribution in [0.25, 0.3) is 0 Å². The van der Waals surface area contributed by atoms with Gasteiger partial charge in [-0.3, -0.25) is 14.5 Å². The lowest BCUT2D eigenvalue weighted by Gasteiger charge is -2.22. The molecule has 5 nitrogen and oxygen atoms in total. The number of unbranched alkanes of at least 4 members (excludes halogenated alkanes) is 23. The van der Waals surface area contributed by atoms with Crippen molar-refractivity contribution in [3.63, 3.8) is 0 Å². The van der Waals surface area contributed by atoms with Crippen molar-refractivity contribution in [2.24, 2.45) is 0 Å². The largest absolute Gasteiger partial charge is 0.466 e. The molecule has 53 heavy (non-hydrogen) atoms. The Labute approximate surface area is 329 Å². The van der Waals surface area contributed by atoms with Crippen LogP contribution in [0.3, 0.4) is 0 Å². The summed E-state index contributed by atoms with van der Waals surface area (Å²) in [6, 6.07) is 10.9. The normalized spacial score (nSPS) is 11.5. The number of esters is 2. The Morgan fingerprint density at radius 2 is 0.906 bits per heavy atom. The molecule has 0 N–H and O–H groups in total. The quantitative estimate of drug-likeness (QED) is 0.0495. The van der Waals surface area contributed by atoms with Crippen molar-refractivity contribution in [3.8, 4) is 0 Å². The molecular weight excluding hydrogens is 655 g/mol. The highest BCUT2D eigenvalue weighted by atomic mass is 16.5. The smallest absolute Gasteiger partial charge is 0.306 e. The van der Waals surface area contributed by atoms with Gasteiger partial charge in [0.1, 0.15) is 6.10 Å². The van der Waals surface area contributed by atoms with Crippen molar-refractivity contribution in [3.05, 3.63) is 35.9 Å². The number of carbonyl (C=O) groups excluding carboxylic acids is 2. The number of hydrogen-bond donors (Lipinski definition) is 0. The molecule has 5 heteroatoms. The fourth-order valence-electron chi connectivity index (χ4n) is 7.33. The molecule has 0 aliphatic rings. The topological polar surface area (TPSA) is 55.8 Å². The summed E-state index contributed by atoms with van der Waals surface area (Å²) in [6.07, 6.45) is 37.5. The van der Waals surface area contributed by atoms with E-state index in [9.17, 15) is 9.59 Å². The molecule has 0 unspecified atom stereocenters. The Balaban J connectivity index is 2.25. The average Bonchev–Trinajstić information content (AvgIpc) is 3.16. The van der Waals surface area contributed by atoms with Crippen LogP contribution in [0.5, 0.6) is 0 Å². The lowest BCUT2D eigenvalue weighted by molar-refractivity contribution is -0.150. The van der Waals surface area contributed by atoms with Crippen molar-refractivity contribution >= 4 is 11.9 Å². The van der Waals surface area contributed by atoms with Crippen LogP contribution < -0.4 is 0 Å². The van der Waals surface area contributed by atoms with Crippen molar-refractivity contribution in [1.82, 2.24) is 4.90 Å². The molecule has 0 radical (unpaired) electrons. The van der Waals surface area contributed by atoms with Gasteiger partial charge in [0.05, 0.1) is 6.61 Å². The van der Waals surface area contributed by atoms with Gasteiger partial charge in [0.25, 0.3) is 0 Å². The van der Waals surface area contributed by atoms with Crippen molar-refractivity contribution in [2.45, 2.75) is 239 Å². The van der Waals surface area contributed by atoms with Gasteiger partial charge in [-0.05, 0) is 76.4 Å². The zero-order valence-electron chi connectivity index (χ0n) is 35.5. The van der Waals surface area contributed by atoms with E-state index in [2.05, 4.69) is 56.0 Å². The maximum Gasteiger partial charge on any atom is 0.306 e. The summed E-state index contributed by atoms with van der Waals surface area (Å²) in [5.41, 5.74) is 1.39. The first kappa shape index (κ1) is 49.1. The zero-order chi connectivity index (χ0) is 38.3. The fraction of sp³-hybridized carbons (Fsp3) is 0.833. The summed E-state index contributed by atoms with van der Waals surface area (Å²) in [6.45, 7) is 10.6. The second-order valence-electron chi connectivity index (χ2n) is 16.0. The van der Waals surface area contributed by atoms with Crippen LogP contribution in [0.4, 0.5) is 0 Å². The van der Waals surface area contributed by atoms with Crippen molar-refractivity contribution in [2.75, 3.05) is 19.7 Å². The Morgan fingerprint density at radius 3 is 1.42 bits per heavy atom. The minimum Gasteiger partial charge on any atom is -0.466 e. The third-order valence-electron chi connectivity index (χ3n) is 10.8. The maximum absolute atomic E-state index is 12.8. The number of rotatable bonds is 40. The molecule has 0 saturated heterocycles. The molecule has 0 atom stereocenters. The zero-order valence-corrected chi connectivity index (χ0v) is 35.5. The van der Waals surface area contributed by atoms with Gasteiger partial charge in [-0.2, -0.15) is 0 Å². The van der Waals surface area contributed by atoms with E-state index < -0.39 is 0 Å². The van der Waals surface area contributed by atoms with Crippen LogP contribution in [0.1, 0.15) is 232 Å². The van der Waals surface area contributed by atoms with E-state index in [1.807, 2.05) is 0 Å². The highest BCUT2D eigenvalue weighted by molar-refractivity contribution is 5.69. The second kappa shape index (κ2) is 38.4. The average molecular weight is 742 g/mol. The summed E-state index contributed by atoms with van der Waals surface area (Å²) >= 11 is 0. The van der Waals surface area contributed by atoms with E-state index in [0.717, 1.165) is 64.6 Å². The number of nitrogens with zero attached hydrogens (tertiary/aromatic N) is 1.